The third kappa shape index (κ3) is 3.39. The Bertz CT molecular complexity index is 1400. The number of nitrogens with one attached hydrogen (secondary N) is 2. The van der Waals surface area contributed by atoms with Crippen LogP contribution in [0, 0.1) is 5.82 Å². The van der Waals surface area contributed by atoms with E-state index in [2.05, 4.69) is 10.3 Å². The van der Waals surface area contributed by atoms with Crippen molar-refractivity contribution in [3.8, 4) is 17.2 Å². The van der Waals surface area contributed by atoms with Crippen molar-refractivity contribution in [2.45, 2.75) is 12.5 Å². The SMILES string of the molecule is COc1ccc2[nH]c3c(c2c1)CCN(C(=O)Nc1ccc2c(c1)OCO2)[C@H]3c1ccc(F)cc1. The van der Waals surface area contributed by atoms with Gasteiger partial charge in [0.25, 0.3) is 0 Å². The molecule has 1 atom stereocenters. The monoisotopic (exact) mass is 459 g/mol. The van der Waals surface area contributed by atoms with Crippen LogP contribution in [0.5, 0.6) is 17.2 Å². The maximum atomic E-state index is 13.7. The topological polar surface area (TPSA) is 75.8 Å². The van der Waals surface area contributed by atoms with Gasteiger partial charge in [-0.2, -0.15) is 0 Å². The molecule has 34 heavy (non-hydrogen) atoms. The number of amides is 2. The van der Waals surface area contributed by atoms with Gasteiger partial charge in [-0.05, 0) is 60.0 Å². The number of fused-ring (bicyclic) bond motifs is 4. The van der Waals surface area contributed by atoms with Crippen LogP contribution in [0.4, 0.5) is 14.9 Å². The fourth-order valence-electron chi connectivity index (χ4n) is 4.77. The minimum atomic E-state index is -0.406. The van der Waals surface area contributed by atoms with Gasteiger partial charge >= 0.3 is 6.03 Å². The van der Waals surface area contributed by atoms with Gasteiger partial charge in [0.1, 0.15) is 11.6 Å². The van der Waals surface area contributed by atoms with E-state index in [1.54, 1.807) is 42.3 Å². The Morgan fingerprint density at radius 1 is 1.09 bits per heavy atom. The molecule has 0 bridgehead atoms. The highest BCUT2D eigenvalue weighted by atomic mass is 19.1. The first-order valence-corrected chi connectivity index (χ1v) is 11.0. The molecule has 2 aliphatic rings. The summed E-state index contributed by atoms with van der Waals surface area (Å²) >= 11 is 0. The molecule has 0 aliphatic carbocycles. The number of benzene rings is 3. The molecule has 3 aromatic carbocycles. The quantitative estimate of drug-likeness (QED) is 0.440. The summed E-state index contributed by atoms with van der Waals surface area (Å²) in [6.45, 7) is 0.662. The molecule has 7 nitrogen and oxygen atoms in total. The third-order valence-corrected chi connectivity index (χ3v) is 6.40. The number of H-pyrrole nitrogens is 1. The summed E-state index contributed by atoms with van der Waals surface area (Å²) in [6.07, 6.45) is 0.675. The Balaban J connectivity index is 1.39. The molecule has 3 heterocycles. The summed E-state index contributed by atoms with van der Waals surface area (Å²) in [6, 6.07) is 16.8. The molecule has 1 aromatic heterocycles. The molecule has 4 aromatic rings. The molecule has 2 N–H and O–H groups in total. The third-order valence-electron chi connectivity index (χ3n) is 6.40. The molecule has 6 rings (SSSR count). The zero-order valence-corrected chi connectivity index (χ0v) is 18.4. The lowest BCUT2D eigenvalue weighted by Crippen LogP contribution is -2.43. The molecule has 0 saturated carbocycles. The lowest BCUT2D eigenvalue weighted by molar-refractivity contribution is 0.174. The number of aromatic nitrogens is 1. The second kappa shape index (κ2) is 7.98. The maximum absolute atomic E-state index is 13.7. The van der Waals surface area contributed by atoms with Gasteiger partial charge in [-0.3, -0.25) is 0 Å². The van der Waals surface area contributed by atoms with E-state index in [0.29, 0.717) is 30.2 Å². The predicted octanol–water partition coefficient (Wildman–Crippen LogP) is 5.22. The Labute approximate surface area is 195 Å². The lowest BCUT2D eigenvalue weighted by atomic mass is 9.92. The summed E-state index contributed by atoms with van der Waals surface area (Å²) in [5.41, 5.74) is 4.45. The van der Waals surface area contributed by atoms with Crippen LogP contribution < -0.4 is 19.5 Å². The number of urea groups is 1. The number of hydrogen-bond donors (Lipinski definition) is 2. The predicted molar refractivity (Wildman–Crippen MR) is 125 cm³/mol. The highest BCUT2D eigenvalue weighted by Gasteiger charge is 2.35. The summed E-state index contributed by atoms with van der Waals surface area (Å²) in [7, 11) is 1.64. The van der Waals surface area contributed by atoms with Gasteiger partial charge in [0, 0.05) is 34.9 Å². The van der Waals surface area contributed by atoms with Crippen LogP contribution in [0.3, 0.4) is 0 Å². The molecular formula is C26H22FN3O4. The second-order valence-electron chi connectivity index (χ2n) is 8.32. The fourth-order valence-corrected chi connectivity index (χ4v) is 4.77. The normalized spacial score (nSPS) is 16.4. The van der Waals surface area contributed by atoms with E-state index in [4.69, 9.17) is 14.2 Å². The van der Waals surface area contributed by atoms with Crippen molar-refractivity contribution in [1.29, 1.82) is 0 Å². The fraction of sp³-hybridized carbons (Fsp3) is 0.192. The molecule has 0 unspecified atom stereocenters. The number of carbonyl (C=O) groups is 1. The van der Waals surface area contributed by atoms with E-state index in [9.17, 15) is 9.18 Å². The van der Waals surface area contributed by atoms with E-state index in [0.717, 1.165) is 33.5 Å². The van der Waals surface area contributed by atoms with Crippen molar-refractivity contribution in [3.05, 3.63) is 83.3 Å². The number of hydrogen-bond acceptors (Lipinski definition) is 4. The van der Waals surface area contributed by atoms with Crippen LogP contribution in [-0.4, -0.2) is 36.4 Å². The van der Waals surface area contributed by atoms with E-state index in [1.165, 1.54) is 12.1 Å². The van der Waals surface area contributed by atoms with Crippen molar-refractivity contribution in [3.63, 3.8) is 0 Å². The smallest absolute Gasteiger partial charge is 0.322 e. The molecule has 2 aliphatic heterocycles. The molecule has 0 fully saturated rings. The summed E-state index contributed by atoms with van der Waals surface area (Å²) < 4.78 is 29.9. The van der Waals surface area contributed by atoms with Crippen molar-refractivity contribution >= 4 is 22.6 Å². The minimum absolute atomic E-state index is 0.166. The van der Waals surface area contributed by atoms with E-state index < -0.39 is 6.04 Å². The summed E-state index contributed by atoms with van der Waals surface area (Å²) in [4.78, 5) is 18.8. The Morgan fingerprint density at radius 3 is 2.74 bits per heavy atom. The zero-order chi connectivity index (χ0) is 23.2. The van der Waals surface area contributed by atoms with Crippen molar-refractivity contribution in [2.75, 3.05) is 25.8 Å². The van der Waals surface area contributed by atoms with Gasteiger partial charge < -0.3 is 29.4 Å². The lowest BCUT2D eigenvalue weighted by Gasteiger charge is -2.36. The van der Waals surface area contributed by atoms with Crippen molar-refractivity contribution in [1.82, 2.24) is 9.88 Å². The number of aromatic amines is 1. The van der Waals surface area contributed by atoms with Crippen LogP contribution in [0.25, 0.3) is 10.9 Å². The van der Waals surface area contributed by atoms with Crippen LogP contribution in [0.1, 0.15) is 22.9 Å². The zero-order valence-electron chi connectivity index (χ0n) is 18.4. The highest BCUT2D eigenvalue weighted by molar-refractivity contribution is 5.92. The van der Waals surface area contributed by atoms with Crippen LogP contribution in [0.15, 0.2) is 60.7 Å². The number of anilines is 1. The van der Waals surface area contributed by atoms with Gasteiger partial charge in [0.05, 0.1) is 13.2 Å². The van der Waals surface area contributed by atoms with E-state index in [1.807, 2.05) is 18.2 Å². The summed E-state index contributed by atoms with van der Waals surface area (Å²) in [5, 5.41) is 4.05. The summed E-state index contributed by atoms with van der Waals surface area (Å²) in [5.74, 6) is 1.70. The number of carbonyl (C=O) groups excluding carboxylic acids is 1. The number of halogens is 1. The van der Waals surface area contributed by atoms with Crippen LogP contribution >= 0.6 is 0 Å². The Kier molecular flexibility index (Phi) is 4.79. The number of ether oxygens (including phenoxy) is 3. The number of rotatable bonds is 3. The highest BCUT2D eigenvalue weighted by Crippen LogP contribution is 2.40. The Hall–Kier alpha value is -4.20. The van der Waals surface area contributed by atoms with Gasteiger partial charge in [0.2, 0.25) is 6.79 Å². The average molecular weight is 459 g/mol. The maximum Gasteiger partial charge on any atom is 0.322 e. The first-order valence-electron chi connectivity index (χ1n) is 11.0. The van der Waals surface area contributed by atoms with E-state index in [-0.39, 0.29) is 18.6 Å². The standard InChI is InChI=1S/C26H22FN3O4/c1-32-18-7-8-21-20(13-18)19-10-11-30(25(24(19)29-21)15-2-4-16(27)5-3-15)26(31)28-17-6-9-22-23(12-17)34-14-33-22/h2-9,12-13,25,29H,10-11,14H2,1H3,(H,28,31)/t25-/m0/s1. The van der Waals surface area contributed by atoms with Gasteiger partial charge in [0.15, 0.2) is 11.5 Å². The molecule has 172 valence electrons. The minimum Gasteiger partial charge on any atom is -0.497 e. The van der Waals surface area contributed by atoms with Crippen molar-refractivity contribution < 1.29 is 23.4 Å². The number of methoxy groups -OCH3 is 1. The first-order chi connectivity index (χ1) is 16.6. The molecule has 0 saturated heterocycles. The molecule has 0 radical (unpaired) electrons. The molecule has 2 amide bonds. The first kappa shape index (κ1) is 20.4. The molecule has 0 spiro atoms. The van der Waals surface area contributed by atoms with Crippen LogP contribution in [-0.2, 0) is 6.42 Å². The van der Waals surface area contributed by atoms with Gasteiger partial charge in [-0.25, -0.2) is 9.18 Å². The van der Waals surface area contributed by atoms with Crippen LogP contribution in [0.2, 0.25) is 0 Å². The second-order valence-corrected chi connectivity index (χ2v) is 8.32. The molecule has 8 heteroatoms. The molecular weight excluding hydrogens is 437 g/mol. The van der Waals surface area contributed by atoms with Crippen molar-refractivity contribution in [2.24, 2.45) is 0 Å². The largest absolute Gasteiger partial charge is 0.497 e. The van der Waals surface area contributed by atoms with E-state index >= 15 is 0 Å². The van der Waals surface area contributed by atoms with Gasteiger partial charge in [-0.1, -0.05) is 12.1 Å². The number of nitrogens with zero attached hydrogens (tertiary/aromatic N) is 1. The average Bonchev–Trinajstić information content (AvgIpc) is 3.47. The van der Waals surface area contributed by atoms with Gasteiger partial charge in [-0.15, -0.1) is 0 Å². The Morgan fingerprint density at radius 2 is 1.91 bits per heavy atom.